The van der Waals surface area contributed by atoms with Crippen LogP contribution < -0.4 is 0 Å². The maximum Gasteiger partial charge on any atom is 0.136 e. The van der Waals surface area contributed by atoms with Crippen molar-refractivity contribution in [2.75, 3.05) is 0 Å². The Morgan fingerprint density at radius 1 is 1.29 bits per heavy atom. The number of benzene rings is 1. The van der Waals surface area contributed by atoms with E-state index < -0.39 is 0 Å². The fourth-order valence-electron chi connectivity index (χ4n) is 2.82. The Bertz CT molecular complexity index is 380. The van der Waals surface area contributed by atoms with Gasteiger partial charge in [0, 0.05) is 12.3 Å². The lowest BCUT2D eigenvalue weighted by Gasteiger charge is -2.16. The molecule has 0 amide bonds. The lowest BCUT2D eigenvalue weighted by atomic mass is 9.87. The molecule has 0 saturated heterocycles. The number of ketones is 1. The fraction of sp³-hybridized carbons (Fsp3) is 0.438. The Balaban J connectivity index is 1.90. The van der Waals surface area contributed by atoms with Crippen LogP contribution in [0.15, 0.2) is 43.0 Å². The highest BCUT2D eigenvalue weighted by atomic mass is 16.1. The summed E-state index contributed by atoms with van der Waals surface area (Å²) in [6.07, 6.45) is 6.82. The van der Waals surface area contributed by atoms with Crippen LogP contribution in [-0.4, -0.2) is 5.78 Å². The number of aryl methyl sites for hydroxylation is 1. The Kier molecular flexibility index (Phi) is 4.13. The molecule has 1 fully saturated rings. The molecule has 1 heteroatoms. The third-order valence-corrected chi connectivity index (χ3v) is 3.81. The van der Waals surface area contributed by atoms with Crippen LogP contribution in [-0.2, 0) is 11.2 Å². The van der Waals surface area contributed by atoms with Gasteiger partial charge in [-0.15, -0.1) is 6.58 Å². The first-order valence-corrected chi connectivity index (χ1v) is 6.49. The van der Waals surface area contributed by atoms with Gasteiger partial charge >= 0.3 is 0 Å². The van der Waals surface area contributed by atoms with E-state index in [0.29, 0.717) is 11.7 Å². The highest BCUT2D eigenvalue weighted by Gasteiger charge is 2.32. The maximum absolute atomic E-state index is 11.7. The van der Waals surface area contributed by atoms with Gasteiger partial charge in [-0.05, 0) is 37.2 Å². The lowest BCUT2D eigenvalue weighted by molar-refractivity contribution is -0.121. The molecule has 0 unspecified atom stereocenters. The molecule has 1 aliphatic carbocycles. The van der Waals surface area contributed by atoms with Gasteiger partial charge in [0.15, 0.2) is 0 Å². The van der Waals surface area contributed by atoms with Gasteiger partial charge in [0.05, 0.1) is 0 Å². The minimum Gasteiger partial charge on any atom is -0.299 e. The van der Waals surface area contributed by atoms with Gasteiger partial charge in [0.1, 0.15) is 5.78 Å². The van der Waals surface area contributed by atoms with Crippen molar-refractivity contribution in [3.8, 4) is 0 Å². The second-order valence-electron chi connectivity index (χ2n) is 4.92. The first kappa shape index (κ1) is 12.1. The van der Waals surface area contributed by atoms with Crippen molar-refractivity contribution in [3.63, 3.8) is 0 Å². The molecule has 0 heterocycles. The second kappa shape index (κ2) is 5.81. The van der Waals surface area contributed by atoms with Crippen molar-refractivity contribution in [2.45, 2.75) is 32.1 Å². The van der Waals surface area contributed by atoms with E-state index in [-0.39, 0.29) is 5.92 Å². The van der Waals surface area contributed by atoms with Crippen LogP contribution in [0.25, 0.3) is 0 Å². The van der Waals surface area contributed by atoms with Crippen LogP contribution >= 0.6 is 0 Å². The summed E-state index contributed by atoms with van der Waals surface area (Å²) >= 11 is 0. The summed E-state index contributed by atoms with van der Waals surface area (Å²) in [7, 11) is 0. The summed E-state index contributed by atoms with van der Waals surface area (Å²) in [6.45, 7) is 3.76. The predicted octanol–water partition coefficient (Wildman–Crippen LogP) is 3.79. The Labute approximate surface area is 104 Å². The molecular formula is C16H20O. The van der Waals surface area contributed by atoms with E-state index in [9.17, 15) is 4.79 Å². The molecule has 0 aromatic heterocycles. The first-order chi connectivity index (χ1) is 8.31. The van der Waals surface area contributed by atoms with Gasteiger partial charge in [-0.1, -0.05) is 36.4 Å². The van der Waals surface area contributed by atoms with Gasteiger partial charge in [0.2, 0.25) is 0 Å². The minimum atomic E-state index is 0.246. The molecular weight excluding hydrogens is 208 g/mol. The van der Waals surface area contributed by atoms with E-state index in [0.717, 1.165) is 32.1 Å². The molecule has 0 N–H and O–H groups in total. The topological polar surface area (TPSA) is 17.1 Å². The summed E-state index contributed by atoms with van der Waals surface area (Å²) in [5.41, 5.74) is 1.38. The smallest absolute Gasteiger partial charge is 0.136 e. The molecule has 1 nitrogen and oxygen atoms in total. The number of carbonyl (C=O) groups excluding carboxylic acids is 1. The summed E-state index contributed by atoms with van der Waals surface area (Å²) in [6, 6.07) is 10.5. The van der Waals surface area contributed by atoms with Crippen molar-refractivity contribution >= 4 is 5.78 Å². The van der Waals surface area contributed by atoms with Gasteiger partial charge in [-0.3, -0.25) is 4.79 Å². The van der Waals surface area contributed by atoms with Crippen molar-refractivity contribution < 1.29 is 4.79 Å². The second-order valence-corrected chi connectivity index (χ2v) is 4.92. The first-order valence-electron chi connectivity index (χ1n) is 6.49. The van der Waals surface area contributed by atoms with Crippen LogP contribution in [0.5, 0.6) is 0 Å². The highest BCUT2D eigenvalue weighted by molar-refractivity contribution is 5.83. The van der Waals surface area contributed by atoms with Gasteiger partial charge in [-0.25, -0.2) is 0 Å². The molecule has 1 aromatic rings. The SMILES string of the molecule is C=CC[C@H]1C(=O)CC[C@@H]1CCc1ccccc1. The van der Waals surface area contributed by atoms with E-state index in [1.807, 2.05) is 12.1 Å². The molecule has 17 heavy (non-hydrogen) atoms. The number of Topliss-reactive ketones (excluding diaryl/α,β-unsaturated/α-hetero) is 1. The van der Waals surface area contributed by atoms with Crippen molar-refractivity contribution in [1.29, 1.82) is 0 Å². The number of allylic oxidation sites excluding steroid dienone is 1. The fourth-order valence-corrected chi connectivity index (χ4v) is 2.82. The summed E-state index contributed by atoms with van der Waals surface area (Å²) in [4.78, 5) is 11.7. The standard InChI is InChI=1S/C16H20O/c1-2-6-15-14(11-12-16(15)17)10-9-13-7-4-3-5-8-13/h2-5,7-8,14-15H,1,6,9-12H2/t14-,15+/m0/s1. The normalized spacial score (nSPS) is 23.9. The zero-order valence-electron chi connectivity index (χ0n) is 10.3. The molecule has 90 valence electrons. The zero-order valence-corrected chi connectivity index (χ0v) is 10.3. The van der Waals surface area contributed by atoms with Crippen LogP contribution in [0.2, 0.25) is 0 Å². The van der Waals surface area contributed by atoms with E-state index in [1.165, 1.54) is 5.56 Å². The van der Waals surface area contributed by atoms with Gasteiger partial charge in [-0.2, -0.15) is 0 Å². The van der Waals surface area contributed by atoms with E-state index >= 15 is 0 Å². The van der Waals surface area contributed by atoms with Gasteiger partial charge in [0.25, 0.3) is 0 Å². The molecule has 1 saturated carbocycles. The summed E-state index contributed by atoms with van der Waals surface area (Å²) in [5, 5.41) is 0. The maximum atomic E-state index is 11.7. The molecule has 2 atom stereocenters. The van der Waals surface area contributed by atoms with Crippen LogP contribution in [0.1, 0.15) is 31.2 Å². The Hall–Kier alpha value is -1.37. The lowest BCUT2D eigenvalue weighted by Crippen LogP contribution is -2.14. The number of carbonyl (C=O) groups is 1. The molecule has 0 aliphatic heterocycles. The van der Waals surface area contributed by atoms with Crippen LogP contribution in [0.4, 0.5) is 0 Å². The average Bonchev–Trinajstić information content (AvgIpc) is 2.70. The van der Waals surface area contributed by atoms with E-state index in [1.54, 1.807) is 0 Å². The zero-order chi connectivity index (χ0) is 12.1. The molecule has 1 aromatic carbocycles. The van der Waals surface area contributed by atoms with Crippen molar-refractivity contribution in [3.05, 3.63) is 48.6 Å². The minimum absolute atomic E-state index is 0.246. The highest BCUT2D eigenvalue weighted by Crippen LogP contribution is 2.34. The number of rotatable bonds is 5. The molecule has 2 rings (SSSR count). The Morgan fingerprint density at radius 3 is 2.76 bits per heavy atom. The molecule has 0 radical (unpaired) electrons. The molecule has 1 aliphatic rings. The third-order valence-electron chi connectivity index (χ3n) is 3.81. The number of hydrogen-bond donors (Lipinski definition) is 0. The quantitative estimate of drug-likeness (QED) is 0.701. The van der Waals surface area contributed by atoms with Crippen LogP contribution in [0, 0.1) is 11.8 Å². The molecule has 0 bridgehead atoms. The monoisotopic (exact) mass is 228 g/mol. The Morgan fingerprint density at radius 2 is 2.06 bits per heavy atom. The van der Waals surface area contributed by atoms with E-state index in [4.69, 9.17) is 0 Å². The van der Waals surface area contributed by atoms with Gasteiger partial charge < -0.3 is 0 Å². The van der Waals surface area contributed by atoms with Crippen molar-refractivity contribution in [1.82, 2.24) is 0 Å². The molecule has 0 spiro atoms. The summed E-state index contributed by atoms with van der Waals surface area (Å²) in [5.74, 6) is 1.26. The number of hydrogen-bond acceptors (Lipinski definition) is 1. The summed E-state index contributed by atoms with van der Waals surface area (Å²) < 4.78 is 0. The van der Waals surface area contributed by atoms with Crippen molar-refractivity contribution in [2.24, 2.45) is 11.8 Å². The third kappa shape index (κ3) is 3.06. The predicted molar refractivity (Wildman–Crippen MR) is 70.8 cm³/mol. The van der Waals surface area contributed by atoms with E-state index in [2.05, 4.69) is 30.8 Å². The largest absolute Gasteiger partial charge is 0.299 e. The average molecular weight is 228 g/mol. The van der Waals surface area contributed by atoms with Crippen LogP contribution in [0.3, 0.4) is 0 Å².